The van der Waals surface area contributed by atoms with E-state index in [1.54, 1.807) is 6.08 Å². The third kappa shape index (κ3) is 4.99. The van der Waals surface area contributed by atoms with Crippen molar-refractivity contribution < 1.29 is 9.90 Å². The minimum atomic E-state index is -0.302. The van der Waals surface area contributed by atoms with Crippen LogP contribution in [0, 0.1) is 0 Å². The number of amides is 1. The largest absolute Gasteiger partial charge is 0.392 e. The minimum absolute atomic E-state index is 0.0518. The van der Waals surface area contributed by atoms with Crippen LogP contribution in [0.1, 0.15) is 24.8 Å². The number of rotatable bonds is 7. The summed E-state index contributed by atoms with van der Waals surface area (Å²) in [7, 11) is 0. The molecule has 2 rings (SSSR count). The molecule has 0 radical (unpaired) electrons. The molecule has 2 atom stereocenters. The number of carbonyl (C=O) groups is 1. The molecular formula is C17H24N2O2. The fourth-order valence-corrected chi connectivity index (χ4v) is 2.73. The van der Waals surface area contributed by atoms with Crippen molar-refractivity contribution in [3.05, 3.63) is 48.6 Å². The Morgan fingerprint density at radius 3 is 2.90 bits per heavy atom. The van der Waals surface area contributed by atoms with E-state index in [0.717, 1.165) is 6.54 Å². The Labute approximate surface area is 126 Å². The molecule has 4 nitrogen and oxygen atoms in total. The molecule has 0 spiro atoms. The van der Waals surface area contributed by atoms with Gasteiger partial charge in [-0.25, -0.2) is 0 Å². The highest BCUT2D eigenvalue weighted by Gasteiger charge is 2.30. The van der Waals surface area contributed by atoms with Crippen molar-refractivity contribution in [3.63, 3.8) is 0 Å². The minimum Gasteiger partial charge on any atom is -0.392 e. The second-order valence-electron chi connectivity index (χ2n) is 5.59. The first-order valence-corrected chi connectivity index (χ1v) is 7.52. The molecule has 2 N–H and O–H groups in total. The van der Waals surface area contributed by atoms with Crippen LogP contribution in [-0.4, -0.2) is 41.1 Å². The molecule has 114 valence electrons. The number of likely N-dealkylation sites (tertiary alicyclic amines) is 1. The van der Waals surface area contributed by atoms with Crippen LogP contribution in [0.2, 0.25) is 0 Å². The van der Waals surface area contributed by atoms with E-state index >= 15 is 0 Å². The van der Waals surface area contributed by atoms with Gasteiger partial charge in [0.25, 0.3) is 0 Å². The molecule has 1 amide bonds. The van der Waals surface area contributed by atoms with E-state index in [2.05, 4.69) is 28.9 Å². The predicted molar refractivity (Wildman–Crippen MR) is 83.7 cm³/mol. The molecule has 1 heterocycles. The van der Waals surface area contributed by atoms with Crippen LogP contribution in [0.5, 0.6) is 0 Å². The highest BCUT2D eigenvalue weighted by atomic mass is 16.3. The van der Waals surface area contributed by atoms with E-state index in [9.17, 15) is 9.90 Å². The maximum absolute atomic E-state index is 11.7. The topological polar surface area (TPSA) is 52.6 Å². The first-order valence-electron chi connectivity index (χ1n) is 7.52. The molecule has 0 aliphatic carbocycles. The lowest BCUT2D eigenvalue weighted by Crippen LogP contribution is -2.39. The molecule has 1 aromatic carbocycles. The van der Waals surface area contributed by atoms with E-state index < -0.39 is 0 Å². The van der Waals surface area contributed by atoms with E-state index in [4.69, 9.17) is 0 Å². The molecule has 1 aromatic rings. The lowest BCUT2D eigenvalue weighted by atomic mass is 10.1. The van der Waals surface area contributed by atoms with Gasteiger partial charge in [-0.05, 0) is 18.4 Å². The number of carbonyl (C=O) groups excluding carboxylic acids is 1. The van der Waals surface area contributed by atoms with E-state index in [-0.39, 0.29) is 18.1 Å². The molecule has 4 heteroatoms. The molecule has 0 bridgehead atoms. The molecular weight excluding hydrogens is 264 g/mol. The van der Waals surface area contributed by atoms with Gasteiger partial charge in [0.05, 0.1) is 6.10 Å². The number of hydrogen-bond donors (Lipinski definition) is 2. The first kappa shape index (κ1) is 15.7. The molecule has 0 aromatic heterocycles. The highest BCUT2D eigenvalue weighted by molar-refractivity contribution is 5.76. The van der Waals surface area contributed by atoms with Crippen LogP contribution in [0.3, 0.4) is 0 Å². The Balaban J connectivity index is 1.85. The van der Waals surface area contributed by atoms with Gasteiger partial charge in [0, 0.05) is 32.1 Å². The highest BCUT2D eigenvalue weighted by Crippen LogP contribution is 2.20. The van der Waals surface area contributed by atoms with Crippen molar-refractivity contribution in [2.24, 2.45) is 0 Å². The molecule has 1 saturated heterocycles. The summed E-state index contributed by atoms with van der Waals surface area (Å²) in [6, 6.07) is 10.4. The number of nitrogens with one attached hydrogen (secondary N) is 1. The van der Waals surface area contributed by atoms with Crippen molar-refractivity contribution >= 4 is 5.91 Å². The standard InChI is InChI=1S/C17H24N2O2/c1-2-3-9-17(21)18-11-15-10-16(20)13-19(15)12-14-7-5-4-6-8-14/h2,4-8,15-16,20H,1,3,9-13H2,(H,18,21). The number of nitrogens with zero attached hydrogens (tertiary/aromatic N) is 1. The second-order valence-corrected chi connectivity index (χ2v) is 5.59. The quantitative estimate of drug-likeness (QED) is 0.751. The van der Waals surface area contributed by atoms with Crippen LogP contribution >= 0.6 is 0 Å². The summed E-state index contributed by atoms with van der Waals surface area (Å²) in [5, 5.41) is 12.8. The Morgan fingerprint density at radius 1 is 1.43 bits per heavy atom. The van der Waals surface area contributed by atoms with Crippen molar-refractivity contribution in [1.82, 2.24) is 10.2 Å². The van der Waals surface area contributed by atoms with E-state index in [1.807, 2.05) is 18.2 Å². The monoisotopic (exact) mass is 288 g/mol. The van der Waals surface area contributed by atoms with E-state index in [1.165, 1.54) is 5.56 Å². The maximum atomic E-state index is 11.7. The van der Waals surface area contributed by atoms with Gasteiger partial charge in [-0.3, -0.25) is 9.69 Å². The Kier molecular flexibility index (Phi) is 5.96. The fourth-order valence-electron chi connectivity index (χ4n) is 2.73. The van der Waals surface area contributed by atoms with Crippen LogP contribution in [0.25, 0.3) is 0 Å². The Morgan fingerprint density at radius 2 is 2.19 bits per heavy atom. The smallest absolute Gasteiger partial charge is 0.220 e. The third-order valence-electron chi connectivity index (χ3n) is 3.84. The predicted octanol–water partition coefficient (Wildman–Crippen LogP) is 1.70. The summed E-state index contributed by atoms with van der Waals surface area (Å²) in [6.45, 7) is 5.69. The van der Waals surface area contributed by atoms with Crippen molar-refractivity contribution in [2.45, 2.75) is 38.0 Å². The Hall–Kier alpha value is -1.65. The van der Waals surface area contributed by atoms with Crippen LogP contribution in [-0.2, 0) is 11.3 Å². The van der Waals surface area contributed by atoms with Gasteiger partial charge in [0.2, 0.25) is 5.91 Å². The number of hydrogen-bond acceptors (Lipinski definition) is 3. The normalized spacial score (nSPS) is 22.1. The first-order chi connectivity index (χ1) is 10.2. The lowest BCUT2D eigenvalue weighted by Gasteiger charge is -2.24. The van der Waals surface area contributed by atoms with Gasteiger partial charge in [0.1, 0.15) is 0 Å². The number of benzene rings is 1. The van der Waals surface area contributed by atoms with Crippen LogP contribution in [0.4, 0.5) is 0 Å². The number of aliphatic hydroxyl groups is 1. The average molecular weight is 288 g/mol. The fraction of sp³-hybridized carbons (Fsp3) is 0.471. The average Bonchev–Trinajstić information content (AvgIpc) is 2.83. The lowest BCUT2D eigenvalue weighted by molar-refractivity contribution is -0.121. The third-order valence-corrected chi connectivity index (χ3v) is 3.84. The summed E-state index contributed by atoms with van der Waals surface area (Å²) in [6.07, 6.45) is 3.35. The van der Waals surface area contributed by atoms with Gasteiger partial charge >= 0.3 is 0 Å². The van der Waals surface area contributed by atoms with Gasteiger partial charge in [0.15, 0.2) is 0 Å². The van der Waals surface area contributed by atoms with Crippen molar-refractivity contribution in [2.75, 3.05) is 13.1 Å². The zero-order valence-corrected chi connectivity index (χ0v) is 12.4. The maximum Gasteiger partial charge on any atom is 0.220 e. The van der Waals surface area contributed by atoms with Crippen molar-refractivity contribution in [1.29, 1.82) is 0 Å². The number of allylic oxidation sites excluding steroid dienone is 1. The molecule has 21 heavy (non-hydrogen) atoms. The van der Waals surface area contributed by atoms with Crippen LogP contribution < -0.4 is 5.32 Å². The summed E-state index contributed by atoms with van der Waals surface area (Å²) >= 11 is 0. The second kappa shape index (κ2) is 7.96. The molecule has 1 fully saturated rings. The zero-order chi connectivity index (χ0) is 15.1. The molecule has 1 aliphatic heterocycles. The summed E-state index contributed by atoms with van der Waals surface area (Å²) in [4.78, 5) is 13.9. The van der Waals surface area contributed by atoms with Gasteiger partial charge in [-0.1, -0.05) is 36.4 Å². The van der Waals surface area contributed by atoms with Gasteiger partial charge < -0.3 is 10.4 Å². The van der Waals surface area contributed by atoms with Crippen molar-refractivity contribution in [3.8, 4) is 0 Å². The number of aliphatic hydroxyl groups excluding tert-OH is 1. The molecule has 0 saturated carbocycles. The SMILES string of the molecule is C=CCCC(=O)NCC1CC(O)CN1Cc1ccccc1. The van der Waals surface area contributed by atoms with Gasteiger partial charge in [-0.2, -0.15) is 0 Å². The zero-order valence-electron chi connectivity index (χ0n) is 12.4. The van der Waals surface area contributed by atoms with Gasteiger partial charge in [-0.15, -0.1) is 6.58 Å². The summed E-state index contributed by atoms with van der Waals surface area (Å²) in [5.74, 6) is 0.0518. The van der Waals surface area contributed by atoms with Crippen LogP contribution in [0.15, 0.2) is 43.0 Å². The molecule has 1 aliphatic rings. The number of β-amino-alcohol motifs (C(OH)–C–C–N with tert-alkyl or cyclic N) is 1. The summed E-state index contributed by atoms with van der Waals surface area (Å²) < 4.78 is 0. The molecule has 2 unspecified atom stereocenters. The Bertz CT molecular complexity index is 461. The summed E-state index contributed by atoms with van der Waals surface area (Å²) in [5.41, 5.74) is 1.23. The van der Waals surface area contributed by atoms with E-state index in [0.29, 0.717) is 32.4 Å².